The molecule has 1 aliphatic heterocycles. The maximum absolute atomic E-state index is 3.95. The Balaban J connectivity index is 1.77. The van der Waals surface area contributed by atoms with Crippen LogP contribution in [-0.2, 0) is 0 Å². The molecule has 3 rings (SSSR count). The Bertz CT molecular complexity index is 359. The molecule has 2 aliphatic carbocycles. The van der Waals surface area contributed by atoms with Gasteiger partial charge in [0.15, 0.2) is 0 Å². The van der Waals surface area contributed by atoms with E-state index in [-0.39, 0.29) is 0 Å². The van der Waals surface area contributed by atoms with E-state index in [1.165, 1.54) is 57.2 Å². The average molecular weight is 262 g/mol. The number of nitrogens with zero attached hydrogens (tertiary/aromatic N) is 1. The molecule has 0 radical (unpaired) electrons. The highest BCUT2D eigenvalue weighted by atomic mass is 15.3. The smallest absolute Gasteiger partial charge is 0.0338 e. The first-order valence-corrected chi connectivity index (χ1v) is 8.18. The predicted molar refractivity (Wildman–Crippen MR) is 81.3 cm³/mol. The van der Waals surface area contributed by atoms with E-state index in [9.17, 15) is 0 Å². The van der Waals surface area contributed by atoms with E-state index >= 15 is 0 Å². The lowest BCUT2D eigenvalue weighted by Crippen LogP contribution is -2.69. The zero-order valence-corrected chi connectivity index (χ0v) is 13.0. The zero-order chi connectivity index (χ0) is 13.5. The first-order valence-electron chi connectivity index (χ1n) is 8.18. The van der Waals surface area contributed by atoms with Crippen LogP contribution in [0.5, 0.6) is 0 Å². The van der Waals surface area contributed by atoms with Crippen molar-refractivity contribution in [2.24, 2.45) is 5.92 Å². The summed E-state index contributed by atoms with van der Waals surface area (Å²) in [6.45, 7) is 10.5. The molecule has 2 nitrogen and oxygen atoms in total. The molecule has 1 saturated heterocycles. The molecule has 0 aromatic rings. The van der Waals surface area contributed by atoms with Crippen molar-refractivity contribution in [1.82, 2.24) is 10.2 Å². The summed E-state index contributed by atoms with van der Waals surface area (Å²) >= 11 is 0. The molecule has 3 aliphatic rings. The Labute approximate surface area is 118 Å². The normalized spacial score (nSPS) is 34.7. The number of hydrogen-bond donors (Lipinski definition) is 1. The first kappa shape index (κ1) is 13.6. The Morgan fingerprint density at radius 2 is 1.95 bits per heavy atom. The summed E-state index contributed by atoms with van der Waals surface area (Å²) in [5.74, 6) is 0.931. The topological polar surface area (TPSA) is 15.3 Å². The molecule has 2 saturated carbocycles. The molecule has 0 aromatic heterocycles. The first-order chi connectivity index (χ1) is 9.04. The number of hydrogen-bond acceptors (Lipinski definition) is 2. The number of nitrogens with one attached hydrogen (secondary N) is 1. The van der Waals surface area contributed by atoms with Crippen LogP contribution in [0.25, 0.3) is 0 Å². The van der Waals surface area contributed by atoms with Crippen molar-refractivity contribution in [1.29, 1.82) is 0 Å². The standard InChI is InChI=1S/C17H30N2/c1-14(2)8-11-19-13-16(3,15-6-7-15)18-12-17(19)9-4-5-10-17/h8,15,18H,4-7,9-13H2,1-3H3. The van der Waals surface area contributed by atoms with E-state index in [0.29, 0.717) is 11.1 Å². The molecule has 1 N–H and O–H groups in total. The van der Waals surface area contributed by atoms with Crippen molar-refractivity contribution in [3.05, 3.63) is 11.6 Å². The molecule has 0 amide bonds. The van der Waals surface area contributed by atoms with E-state index in [0.717, 1.165) is 12.5 Å². The van der Waals surface area contributed by atoms with Crippen LogP contribution in [0.3, 0.4) is 0 Å². The van der Waals surface area contributed by atoms with E-state index in [1.54, 1.807) is 0 Å². The lowest BCUT2D eigenvalue weighted by Gasteiger charge is -2.52. The number of rotatable bonds is 3. The summed E-state index contributed by atoms with van der Waals surface area (Å²) in [5, 5.41) is 3.95. The van der Waals surface area contributed by atoms with Gasteiger partial charge in [-0.25, -0.2) is 0 Å². The third-order valence-corrected chi connectivity index (χ3v) is 5.74. The fourth-order valence-electron chi connectivity index (χ4n) is 4.17. The molecular weight excluding hydrogens is 232 g/mol. The fourth-order valence-corrected chi connectivity index (χ4v) is 4.17. The van der Waals surface area contributed by atoms with Gasteiger partial charge in [-0.15, -0.1) is 0 Å². The van der Waals surface area contributed by atoms with Gasteiger partial charge in [0, 0.05) is 30.7 Å². The van der Waals surface area contributed by atoms with Crippen LogP contribution in [0.2, 0.25) is 0 Å². The van der Waals surface area contributed by atoms with Gasteiger partial charge in [0.25, 0.3) is 0 Å². The maximum atomic E-state index is 3.95. The van der Waals surface area contributed by atoms with Crippen molar-refractivity contribution < 1.29 is 0 Å². The van der Waals surface area contributed by atoms with Crippen LogP contribution in [-0.4, -0.2) is 35.6 Å². The number of piperazine rings is 1. The average Bonchev–Trinajstić information content (AvgIpc) is 3.13. The lowest BCUT2D eigenvalue weighted by molar-refractivity contribution is 0.0148. The summed E-state index contributed by atoms with van der Waals surface area (Å²) in [4.78, 5) is 2.82. The van der Waals surface area contributed by atoms with E-state index < -0.39 is 0 Å². The molecule has 108 valence electrons. The van der Waals surface area contributed by atoms with Crippen molar-refractivity contribution in [2.45, 2.75) is 70.4 Å². The third kappa shape index (κ3) is 2.62. The van der Waals surface area contributed by atoms with Crippen molar-refractivity contribution in [2.75, 3.05) is 19.6 Å². The van der Waals surface area contributed by atoms with Gasteiger partial charge in [-0.3, -0.25) is 4.90 Å². The van der Waals surface area contributed by atoms with Crippen LogP contribution in [0.4, 0.5) is 0 Å². The van der Waals surface area contributed by atoms with Crippen LogP contribution in [0, 0.1) is 5.92 Å². The molecule has 1 heterocycles. The van der Waals surface area contributed by atoms with E-state index in [2.05, 4.69) is 37.1 Å². The van der Waals surface area contributed by atoms with Gasteiger partial charge in [0.05, 0.1) is 0 Å². The van der Waals surface area contributed by atoms with Crippen LogP contribution < -0.4 is 5.32 Å². The molecule has 1 spiro atoms. The second-order valence-corrected chi connectivity index (χ2v) is 7.64. The van der Waals surface area contributed by atoms with Crippen molar-refractivity contribution >= 4 is 0 Å². The monoisotopic (exact) mass is 262 g/mol. The highest BCUT2D eigenvalue weighted by Crippen LogP contribution is 2.45. The molecule has 3 fully saturated rings. The highest BCUT2D eigenvalue weighted by Gasteiger charge is 2.51. The summed E-state index contributed by atoms with van der Waals surface area (Å²) in [7, 11) is 0. The van der Waals surface area contributed by atoms with E-state index in [1.807, 2.05) is 0 Å². The second kappa shape index (κ2) is 4.89. The van der Waals surface area contributed by atoms with Gasteiger partial charge < -0.3 is 5.32 Å². The van der Waals surface area contributed by atoms with Crippen molar-refractivity contribution in [3.8, 4) is 0 Å². The zero-order valence-electron chi connectivity index (χ0n) is 13.0. The van der Waals surface area contributed by atoms with Crippen LogP contribution >= 0.6 is 0 Å². The summed E-state index contributed by atoms with van der Waals surface area (Å²) < 4.78 is 0. The molecule has 0 bridgehead atoms. The SMILES string of the molecule is CC(C)=CCN1CC(C)(C2CC2)NCC12CCCC2. The lowest BCUT2D eigenvalue weighted by atomic mass is 9.83. The fraction of sp³-hybridized carbons (Fsp3) is 0.882. The molecular formula is C17H30N2. The van der Waals surface area contributed by atoms with Gasteiger partial charge in [-0.1, -0.05) is 24.5 Å². The van der Waals surface area contributed by atoms with Gasteiger partial charge >= 0.3 is 0 Å². The van der Waals surface area contributed by atoms with Gasteiger partial charge in [0.2, 0.25) is 0 Å². The minimum atomic E-state index is 0.378. The molecule has 1 atom stereocenters. The largest absolute Gasteiger partial charge is 0.308 e. The van der Waals surface area contributed by atoms with Gasteiger partial charge in [-0.2, -0.15) is 0 Å². The summed E-state index contributed by atoms with van der Waals surface area (Å²) in [6, 6.07) is 0. The second-order valence-electron chi connectivity index (χ2n) is 7.64. The third-order valence-electron chi connectivity index (χ3n) is 5.74. The molecule has 19 heavy (non-hydrogen) atoms. The minimum absolute atomic E-state index is 0.378. The minimum Gasteiger partial charge on any atom is -0.308 e. The Hall–Kier alpha value is -0.340. The van der Waals surface area contributed by atoms with Crippen molar-refractivity contribution in [3.63, 3.8) is 0 Å². The van der Waals surface area contributed by atoms with Gasteiger partial charge in [-0.05, 0) is 52.4 Å². The van der Waals surface area contributed by atoms with Crippen LogP contribution in [0.15, 0.2) is 11.6 Å². The van der Waals surface area contributed by atoms with Gasteiger partial charge in [0.1, 0.15) is 0 Å². The maximum Gasteiger partial charge on any atom is 0.0338 e. The summed E-state index contributed by atoms with van der Waals surface area (Å²) in [5.41, 5.74) is 2.31. The van der Waals surface area contributed by atoms with E-state index in [4.69, 9.17) is 0 Å². The predicted octanol–water partition coefficient (Wildman–Crippen LogP) is 3.34. The molecule has 2 heteroatoms. The molecule has 0 aromatic carbocycles. The Kier molecular flexibility index (Phi) is 3.51. The highest BCUT2D eigenvalue weighted by molar-refractivity contribution is 5.11. The number of allylic oxidation sites excluding steroid dienone is 1. The summed E-state index contributed by atoms with van der Waals surface area (Å²) in [6.07, 6.45) is 11.0. The molecule has 1 unspecified atom stereocenters. The quantitative estimate of drug-likeness (QED) is 0.785. The van der Waals surface area contributed by atoms with Crippen LogP contribution in [0.1, 0.15) is 59.3 Å². The Morgan fingerprint density at radius 1 is 1.26 bits per heavy atom. The Morgan fingerprint density at radius 3 is 2.53 bits per heavy atom.